The third-order valence-electron chi connectivity index (χ3n) is 6.28. The number of hydrogen-bond acceptors (Lipinski definition) is 5. The fraction of sp³-hybridized carbons (Fsp3) is 0.583. The number of ether oxygens (including phenoxy) is 1. The van der Waals surface area contributed by atoms with Crippen molar-refractivity contribution in [2.24, 2.45) is 5.92 Å². The first-order chi connectivity index (χ1) is 14.7. The second-order valence-corrected chi connectivity index (χ2v) is 8.79. The van der Waals surface area contributed by atoms with Crippen LogP contribution in [-0.2, 0) is 17.9 Å². The van der Waals surface area contributed by atoms with E-state index in [1.165, 1.54) is 24.8 Å². The standard InChI is InChI=1S/C24H33N3O3/c1-26(18-21-12-15-29-25-21)17-19-6-5-9-23(16-19)30-22-10-13-27(14-11-22)24(28)20-7-3-2-4-8-20/h5-6,9,12,15-16,20,22H,2-4,7-8,10-11,13-14,17-18H2,1H3. The van der Waals surface area contributed by atoms with Crippen molar-refractivity contribution < 1.29 is 14.1 Å². The summed E-state index contributed by atoms with van der Waals surface area (Å²) in [5.74, 6) is 1.56. The lowest BCUT2D eigenvalue weighted by Gasteiger charge is -2.35. The fourth-order valence-electron chi connectivity index (χ4n) is 4.67. The summed E-state index contributed by atoms with van der Waals surface area (Å²) < 4.78 is 11.2. The summed E-state index contributed by atoms with van der Waals surface area (Å²) in [5.41, 5.74) is 2.14. The maximum absolute atomic E-state index is 12.7. The SMILES string of the molecule is CN(Cc1cccc(OC2CCN(C(=O)C3CCCCC3)CC2)c1)Cc1ccon1. The molecule has 0 bridgehead atoms. The van der Waals surface area contributed by atoms with Crippen LogP contribution in [-0.4, -0.2) is 47.1 Å². The average molecular weight is 412 g/mol. The van der Waals surface area contributed by atoms with Gasteiger partial charge in [0.15, 0.2) is 0 Å². The van der Waals surface area contributed by atoms with Crippen LogP contribution in [0.2, 0.25) is 0 Å². The molecule has 2 aromatic rings. The van der Waals surface area contributed by atoms with Gasteiger partial charge in [-0.15, -0.1) is 0 Å². The Kier molecular flexibility index (Phi) is 7.05. The van der Waals surface area contributed by atoms with Crippen molar-refractivity contribution in [1.29, 1.82) is 0 Å². The van der Waals surface area contributed by atoms with Gasteiger partial charge in [0.25, 0.3) is 0 Å². The predicted octanol–water partition coefficient (Wildman–Crippen LogP) is 4.26. The molecule has 1 aromatic heterocycles. The Balaban J connectivity index is 1.25. The molecule has 1 saturated carbocycles. The van der Waals surface area contributed by atoms with Gasteiger partial charge in [-0.05, 0) is 37.6 Å². The summed E-state index contributed by atoms with van der Waals surface area (Å²) >= 11 is 0. The summed E-state index contributed by atoms with van der Waals surface area (Å²) in [4.78, 5) is 17.0. The number of likely N-dealkylation sites (tertiary alicyclic amines) is 1. The van der Waals surface area contributed by atoms with Gasteiger partial charge in [0.2, 0.25) is 5.91 Å². The number of carbonyl (C=O) groups is 1. The fourth-order valence-corrected chi connectivity index (χ4v) is 4.67. The largest absolute Gasteiger partial charge is 0.490 e. The van der Waals surface area contributed by atoms with Crippen LogP contribution in [0, 0.1) is 5.92 Å². The lowest BCUT2D eigenvalue weighted by molar-refractivity contribution is -0.138. The highest BCUT2D eigenvalue weighted by molar-refractivity contribution is 5.79. The van der Waals surface area contributed by atoms with Gasteiger partial charge in [-0.3, -0.25) is 9.69 Å². The monoisotopic (exact) mass is 411 g/mol. The zero-order valence-electron chi connectivity index (χ0n) is 18.0. The molecule has 2 heterocycles. The van der Waals surface area contributed by atoms with Crippen LogP contribution >= 0.6 is 0 Å². The molecule has 1 aliphatic carbocycles. The maximum Gasteiger partial charge on any atom is 0.225 e. The van der Waals surface area contributed by atoms with Crippen molar-refractivity contribution in [2.75, 3.05) is 20.1 Å². The topological polar surface area (TPSA) is 58.8 Å². The molecule has 0 unspecified atom stereocenters. The zero-order chi connectivity index (χ0) is 20.8. The van der Waals surface area contributed by atoms with E-state index < -0.39 is 0 Å². The highest BCUT2D eigenvalue weighted by atomic mass is 16.5. The van der Waals surface area contributed by atoms with Crippen LogP contribution in [0.1, 0.15) is 56.2 Å². The van der Waals surface area contributed by atoms with Crippen molar-refractivity contribution in [3.05, 3.63) is 47.9 Å². The molecule has 6 nitrogen and oxygen atoms in total. The number of carbonyl (C=O) groups excluding carboxylic acids is 1. The Morgan fingerprint density at radius 2 is 1.93 bits per heavy atom. The van der Waals surface area contributed by atoms with Crippen LogP contribution in [0.3, 0.4) is 0 Å². The smallest absolute Gasteiger partial charge is 0.225 e. The summed E-state index contributed by atoms with van der Waals surface area (Å²) in [6, 6.07) is 10.2. The van der Waals surface area contributed by atoms with E-state index >= 15 is 0 Å². The molecular formula is C24H33N3O3. The second kappa shape index (κ2) is 10.1. The molecular weight excluding hydrogens is 378 g/mol. The number of hydrogen-bond donors (Lipinski definition) is 0. The molecule has 0 spiro atoms. The van der Waals surface area contributed by atoms with Gasteiger partial charge in [-0.1, -0.05) is 36.6 Å². The van der Waals surface area contributed by atoms with E-state index in [0.29, 0.717) is 5.91 Å². The maximum atomic E-state index is 12.7. The zero-order valence-corrected chi connectivity index (χ0v) is 18.0. The molecule has 2 fully saturated rings. The highest BCUT2D eigenvalue weighted by Crippen LogP contribution is 2.27. The summed E-state index contributed by atoms with van der Waals surface area (Å²) in [7, 11) is 2.07. The van der Waals surface area contributed by atoms with Crippen molar-refractivity contribution in [3.63, 3.8) is 0 Å². The van der Waals surface area contributed by atoms with Crippen LogP contribution in [0.4, 0.5) is 0 Å². The minimum absolute atomic E-state index is 0.184. The molecule has 4 rings (SSSR count). The van der Waals surface area contributed by atoms with Gasteiger partial charge in [-0.2, -0.15) is 0 Å². The van der Waals surface area contributed by atoms with Crippen LogP contribution in [0.25, 0.3) is 0 Å². The molecule has 1 aromatic carbocycles. The Hall–Kier alpha value is -2.34. The third kappa shape index (κ3) is 5.63. The highest BCUT2D eigenvalue weighted by Gasteiger charge is 2.29. The van der Waals surface area contributed by atoms with E-state index in [9.17, 15) is 4.79 Å². The lowest BCUT2D eigenvalue weighted by atomic mass is 9.88. The predicted molar refractivity (Wildman–Crippen MR) is 115 cm³/mol. The van der Waals surface area contributed by atoms with Crippen molar-refractivity contribution >= 4 is 5.91 Å². The normalized spacial score (nSPS) is 18.7. The van der Waals surface area contributed by atoms with E-state index in [0.717, 1.165) is 63.3 Å². The first-order valence-electron chi connectivity index (χ1n) is 11.3. The molecule has 6 heteroatoms. The molecule has 2 aliphatic rings. The summed E-state index contributed by atoms with van der Waals surface area (Å²) in [5, 5.41) is 3.97. The summed E-state index contributed by atoms with van der Waals surface area (Å²) in [6.45, 7) is 3.20. The third-order valence-corrected chi connectivity index (χ3v) is 6.28. The number of benzene rings is 1. The second-order valence-electron chi connectivity index (χ2n) is 8.79. The van der Waals surface area contributed by atoms with Gasteiger partial charge < -0.3 is 14.2 Å². The molecule has 1 aliphatic heterocycles. The van der Waals surface area contributed by atoms with E-state index in [4.69, 9.17) is 9.26 Å². The quantitative estimate of drug-likeness (QED) is 0.681. The molecule has 1 saturated heterocycles. The first kappa shape index (κ1) is 20.9. The first-order valence-corrected chi connectivity index (χ1v) is 11.3. The molecule has 0 radical (unpaired) electrons. The Morgan fingerprint density at radius 1 is 1.13 bits per heavy atom. The van der Waals surface area contributed by atoms with Gasteiger partial charge >= 0.3 is 0 Å². The van der Waals surface area contributed by atoms with Gasteiger partial charge in [0.1, 0.15) is 18.1 Å². The minimum atomic E-state index is 0.184. The molecule has 162 valence electrons. The number of amides is 1. The van der Waals surface area contributed by atoms with Crippen LogP contribution in [0.5, 0.6) is 5.75 Å². The van der Waals surface area contributed by atoms with Crippen LogP contribution in [0.15, 0.2) is 41.1 Å². The van der Waals surface area contributed by atoms with Crippen molar-refractivity contribution in [2.45, 2.75) is 64.1 Å². The van der Waals surface area contributed by atoms with Crippen molar-refractivity contribution in [3.8, 4) is 5.75 Å². The number of rotatable bonds is 7. The Bertz CT molecular complexity index is 794. The van der Waals surface area contributed by atoms with Crippen LogP contribution < -0.4 is 4.74 Å². The van der Waals surface area contributed by atoms with E-state index in [1.54, 1.807) is 6.26 Å². The molecule has 30 heavy (non-hydrogen) atoms. The van der Waals surface area contributed by atoms with E-state index in [2.05, 4.69) is 40.2 Å². The summed E-state index contributed by atoms with van der Waals surface area (Å²) in [6.07, 6.45) is 9.47. The Morgan fingerprint density at radius 3 is 2.67 bits per heavy atom. The number of aromatic nitrogens is 1. The van der Waals surface area contributed by atoms with E-state index in [-0.39, 0.29) is 12.0 Å². The molecule has 0 N–H and O–H groups in total. The van der Waals surface area contributed by atoms with Gasteiger partial charge in [0, 0.05) is 51.0 Å². The molecule has 1 amide bonds. The van der Waals surface area contributed by atoms with E-state index in [1.807, 2.05) is 12.1 Å². The number of nitrogens with zero attached hydrogens (tertiary/aromatic N) is 3. The molecule has 0 atom stereocenters. The van der Waals surface area contributed by atoms with Crippen molar-refractivity contribution in [1.82, 2.24) is 15.0 Å². The van der Waals surface area contributed by atoms with Gasteiger partial charge in [0.05, 0.1) is 5.69 Å². The Labute approximate surface area is 179 Å². The average Bonchev–Trinajstić information content (AvgIpc) is 3.27. The number of piperidine rings is 1. The van der Waals surface area contributed by atoms with Gasteiger partial charge in [-0.25, -0.2) is 0 Å². The minimum Gasteiger partial charge on any atom is -0.490 e. The lowest BCUT2D eigenvalue weighted by Crippen LogP contribution is -2.44.